The lowest BCUT2D eigenvalue weighted by atomic mass is 10.3. The Morgan fingerprint density at radius 3 is 2.68 bits per heavy atom. The van der Waals surface area contributed by atoms with Crippen LogP contribution in [0.15, 0.2) is 24.3 Å². The van der Waals surface area contributed by atoms with E-state index in [1.807, 2.05) is 29.2 Å². The number of carbonyl (C=O) groups is 1. The van der Waals surface area contributed by atoms with Crippen LogP contribution in [0.2, 0.25) is 0 Å². The molecule has 1 aromatic rings. The molecule has 0 saturated heterocycles. The molecule has 0 aliphatic heterocycles. The molecule has 0 spiro atoms. The van der Waals surface area contributed by atoms with Gasteiger partial charge in [0.25, 0.3) is 0 Å². The van der Waals surface area contributed by atoms with Gasteiger partial charge in [-0.25, -0.2) is 4.79 Å². The maximum atomic E-state index is 12.2. The van der Waals surface area contributed by atoms with Crippen LogP contribution in [0.25, 0.3) is 0 Å². The van der Waals surface area contributed by atoms with Crippen molar-refractivity contribution in [3.05, 3.63) is 24.3 Å². The molecule has 4 nitrogen and oxygen atoms in total. The summed E-state index contributed by atoms with van der Waals surface area (Å²) in [7, 11) is 1.62. The number of urea groups is 1. The molecule has 2 amide bonds. The third kappa shape index (κ3) is 5.20. The first-order valence-electron chi connectivity index (χ1n) is 6.91. The molecule has 1 N–H and O–H groups in total. The molecule has 0 aromatic heterocycles. The number of ether oxygens (including phenoxy) is 1. The molecule has 0 atom stereocenters. The summed E-state index contributed by atoms with van der Waals surface area (Å²) in [5, 5.41) is 2.92. The van der Waals surface area contributed by atoms with Crippen molar-refractivity contribution in [2.24, 2.45) is 0 Å². The van der Waals surface area contributed by atoms with Gasteiger partial charge in [0.15, 0.2) is 0 Å². The number of nitrogens with zero attached hydrogens (tertiary/aromatic N) is 1. The highest BCUT2D eigenvalue weighted by atomic mass is 16.5. The van der Waals surface area contributed by atoms with Crippen LogP contribution in [-0.2, 0) is 0 Å². The fourth-order valence-corrected chi connectivity index (χ4v) is 1.84. The second-order valence-corrected chi connectivity index (χ2v) is 4.50. The number of hydrogen-bond acceptors (Lipinski definition) is 2. The first kappa shape index (κ1) is 15.3. The predicted octanol–water partition coefficient (Wildman–Crippen LogP) is 3.74. The van der Waals surface area contributed by atoms with Gasteiger partial charge in [-0.3, -0.25) is 0 Å². The lowest BCUT2D eigenvalue weighted by molar-refractivity contribution is 0.211. The van der Waals surface area contributed by atoms with Crippen molar-refractivity contribution >= 4 is 11.7 Å². The molecule has 106 valence electrons. The average Bonchev–Trinajstić information content (AvgIpc) is 2.43. The van der Waals surface area contributed by atoms with E-state index in [0.717, 1.165) is 43.8 Å². The minimum atomic E-state index is -0.0384. The van der Waals surface area contributed by atoms with Crippen molar-refractivity contribution in [3.63, 3.8) is 0 Å². The quantitative estimate of drug-likeness (QED) is 0.815. The lowest BCUT2D eigenvalue weighted by Gasteiger charge is -2.22. The van der Waals surface area contributed by atoms with Gasteiger partial charge >= 0.3 is 6.03 Å². The Bertz CT molecular complexity index is 393. The van der Waals surface area contributed by atoms with E-state index in [1.165, 1.54) is 0 Å². The van der Waals surface area contributed by atoms with Gasteiger partial charge in [0.2, 0.25) is 0 Å². The summed E-state index contributed by atoms with van der Waals surface area (Å²) in [6.45, 7) is 5.80. The number of nitrogens with one attached hydrogen (secondary N) is 1. The predicted molar refractivity (Wildman–Crippen MR) is 78.8 cm³/mol. The SMILES string of the molecule is CCCCN(CCC)C(=O)Nc1cccc(OC)c1. The molecule has 0 saturated carbocycles. The van der Waals surface area contributed by atoms with Gasteiger partial charge in [-0.05, 0) is 25.0 Å². The fourth-order valence-electron chi connectivity index (χ4n) is 1.84. The van der Waals surface area contributed by atoms with Crippen molar-refractivity contribution in [1.82, 2.24) is 4.90 Å². The molecule has 4 heteroatoms. The summed E-state index contributed by atoms with van der Waals surface area (Å²) in [6, 6.07) is 7.37. The Morgan fingerprint density at radius 1 is 1.26 bits per heavy atom. The van der Waals surface area contributed by atoms with E-state index in [0.29, 0.717) is 0 Å². The highest BCUT2D eigenvalue weighted by molar-refractivity contribution is 5.89. The van der Waals surface area contributed by atoms with Crippen molar-refractivity contribution in [2.45, 2.75) is 33.1 Å². The molecular weight excluding hydrogens is 240 g/mol. The number of unbranched alkanes of at least 4 members (excludes halogenated alkanes) is 1. The molecule has 19 heavy (non-hydrogen) atoms. The van der Waals surface area contributed by atoms with Gasteiger partial charge in [-0.2, -0.15) is 0 Å². The summed E-state index contributed by atoms with van der Waals surface area (Å²) >= 11 is 0. The van der Waals surface area contributed by atoms with Crippen LogP contribution in [0.1, 0.15) is 33.1 Å². The van der Waals surface area contributed by atoms with E-state index in [4.69, 9.17) is 4.74 Å². The first-order valence-corrected chi connectivity index (χ1v) is 6.91. The highest BCUT2D eigenvalue weighted by Crippen LogP contribution is 2.17. The van der Waals surface area contributed by atoms with Gasteiger partial charge in [-0.1, -0.05) is 26.3 Å². The van der Waals surface area contributed by atoms with Crippen LogP contribution < -0.4 is 10.1 Å². The minimum absolute atomic E-state index is 0.0384. The van der Waals surface area contributed by atoms with Crippen LogP contribution in [0.4, 0.5) is 10.5 Å². The van der Waals surface area contributed by atoms with Crippen LogP contribution in [-0.4, -0.2) is 31.1 Å². The smallest absolute Gasteiger partial charge is 0.321 e. The van der Waals surface area contributed by atoms with Crippen molar-refractivity contribution in [2.75, 3.05) is 25.5 Å². The second-order valence-electron chi connectivity index (χ2n) is 4.50. The van der Waals surface area contributed by atoms with Crippen LogP contribution >= 0.6 is 0 Å². The molecule has 0 heterocycles. The topological polar surface area (TPSA) is 41.6 Å². The monoisotopic (exact) mass is 264 g/mol. The number of hydrogen-bond donors (Lipinski definition) is 1. The zero-order valence-electron chi connectivity index (χ0n) is 12.1. The average molecular weight is 264 g/mol. The van der Waals surface area contributed by atoms with Crippen molar-refractivity contribution in [1.29, 1.82) is 0 Å². The number of rotatable bonds is 7. The maximum absolute atomic E-state index is 12.2. The number of carbonyl (C=O) groups excluding carboxylic acids is 1. The van der Waals surface area contributed by atoms with Crippen LogP contribution in [0.5, 0.6) is 5.75 Å². The normalized spacial score (nSPS) is 10.1. The molecule has 0 aliphatic rings. The minimum Gasteiger partial charge on any atom is -0.497 e. The Labute approximate surface area is 115 Å². The van der Waals surface area contributed by atoms with Gasteiger partial charge < -0.3 is 15.0 Å². The molecule has 0 radical (unpaired) electrons. The maximum Gasteiger partial charge on any atom is 0.321 e. The molecule has 1 aromatic carbocycles. The van der Waals surface area contributed by atoms with E-state index in [2.05, 4.69) is 19.2 Å². The van der Waals surface area contributed by atoms with Crippen molar-refractivity contribution < 1.29 is 9.53 Å². The molecule has 0 fully saturated rings. The Hall–Kier alpha value is -1.71. The third-order valence-corrected chi connectivity index (χ3v) is 2.88. The van der Waals surface area contributed by atoms with Crippen molar-refractivity contribution in [3.8, 4) is 5.75 Å². The van der Waals surface area contributed by atoms with E-state index in [9.17, 15) is 4.79 Å². The largest absolute Gasteiger partial charge is 0.497 e. The Kier molecular flexibility index (Phi) is 6.79. The summed E-state index contributed by atoms with van der Waals surface area (Å²) in [4.78, 5) is 14.0. The summed E-state index contributed by atoms with van der Waals surface area (Å²) in [5.41, 5.74) is 0.766. The van der Waals surface area contributed by atoms with Gasteiger partial charge in [0.1, 0.15) is 5.75 Å². The van der Waals surface area contributed by atoms with Gasteiger partial charge in [0, 0.05) is 24.8 Å². The molecule has 0 aliphatic carbocycles. The molecule has 0 bridgehead atoms. The first-order chi connectivity index (χ1) is 9.21. The van der Waals surface area contributed by atoms with Crippen LogP contribution in [0, 0.1) is 0 Å². The summed E-state index contributed by atoms with van der Waals surface area (Å²) < 4.78 is 5.14. The zero-order valence-corrected chi connectivity index (χ0v) is 12.1. The number of benzene rings is 1. The number of methoxy groups -OCH3 is 1. The second kappa shape index (κ2) is 8.40. The highest BCUT2D eigenvalue weighted by Gasteiger charge is 2.12. The zero-order chi connectivity index (χ0) is 14.1. The Balaban J connectivity index is 2.63. The van der Waals surface area contributed by atoms with E-state index >= 15 is 0 Å². The van der Waals surface area contributed by atoms with E-state index in [-0.39, 0.29) is 6.03 Å². The molecule has 0 unspecified atom stereocenters. The lowest BCUT2D eigenvalue weighted by Crippen LogP contribution is -2.36. The summed E-state index contributed by atoms with van der Waals surface area (Å²) in [5.74, 6) is 0.744. The number of anilines is 1. The standard InChI is InChI=1S/C15H24N2O2/c1-4-6-11-17(10-5-2)15(18)16-13-8-7-9-14(12-13)19-3/h7-9,12H,4-6,10-11H2,1-3H3,(H,16,18). The summed E-state index contributed by atoms with van der Waals surface area (Å²) in [6.07, 6.45) is 3.09. The fraction of sp³-hybridized carbons (Fsp3) is 0.533. The van der Waals surface area contributed by atoms with Gasteiger partial charge in [0.05, 0.1) is 7.11 Å². The number of amides is 2. The Morgan fingerprint density at radius 2 is 2.05 bits per heavy atom. The van der Waals surface area contributed by atoms with E-state index < -0.39 is 0 Å². The molecule has 1 rings (SSSR count). The van der Waals surface area contributed by atoms with E-state index in [1.54, 1.807) is 7.11 Å². The third-order valence-electron chi connectivity index (χ3n) is 2.88. The van der Waals surface area contributed by atoms with Gasteiger partial charge in [-0.15, -0.1) is 0 Å². The van der Waals surface area contributed by atoms with Crippen LogP contribution in [0.3, 0.4) is 0 Å². The molecular formula is C15H24N2O2.